The molecule has 0 bridgehead atoms. The van der Waals surface area contributed by atoms with E-state index in [2.05, 4.69) is 5.16 Å². The van der Waals surface area contributed by atoms with Crippen LogP contribution in [-0.2, 0) is 14.3 Å². The summed E-state index contributed by atoms with van der Waals surface area (Å²) in [6.07, 6.45) is 11.4. The number of ether oxygens (including phenoxy) is 2. The Morgan fingerprint density at radius 3 is 2.55 bits per heavy atom. The van der Waals surface area contributed by atoms with E-state index in [1.807, 2.05) is 0 Å². The zero-order valence-electron chi connectivity index (χ0n) is 13.5. The van der Waals surface area contributed by atoms with Crippen molar-refractivity contribution in [1.29, 1.82) is 0 Å². The van der Waals surface area contributed by atoms with Crippen molar-refractivity contribution in [2.24, 2.45) is 17.0 Å². The topological polar surface area (TPSA) is 57.1 Å². The predicted octanol–water partition coefficient (Wildman–Crippen LogP) is 4.40. The normalized spacial score (nSPS) is 32.4. The highest BCUT2D eigenvalue weighted by atomic mass is 16.7. The molecule has 0 aromatic heterocycles. The summed E-state index contributed by atoms with van der Waals surface area (Å²) >= 11 is 0. The molecule has 5 heteroatoms. The molecule has 0 aromatic carbocycles. The number of oxime groups is 1. The molecule has 0 amide bonds. The Balaban J connectivity index is 1.46. The third-order valence-electron chi connectivity index (χ3n) is 5.54. The van der Waals surface area contributed by atoms with Crippen LogP contribution < -0.4 is 0 Å². The first-order chi connectivity index (χ1) is 10.7. The minimum atomic E-state index is -0.683. The highest BCUT2D eigenvalue weighted by Gasteiger charge is 2.45. The van der Waals surface area contributed by atoms with Gasteiger partial charge in [-0.15, -0.1) is 0 Å². The zero-order chi connectivity index (χ0) is 15.4. The Hall–Kier alpha value is -1.26. The molecule has 124 valence electrons. The lowest BCUT2D eigenvalue weighted by Gasteiger charge is -2.39. The van der Waals surface area contributed by atoms with Gasteiger partial charge >= 0.3 is 6.16 Å². The summed E-state index contributed by atoms with van der Waals surface area (Å²) in [5, 5.41) is 3.97. The second-order valence-corrected chi connectivity index (χ2v) is 6.96. The van der Waals surface area contributed by atoms with Crippen LogP contribution in [-0.4, -0.2) is 24.3 Å². The minimum absolute atomic E-state index is 0.229. The Morgan fingerprint density at radius 1 is 1.18 bits per heavy atom. The molecule has 0 saturated heterocycles. The van der Waals surface area contributed by atoms with Crippen LogP contribution in [0.4, 0.5) is 4.79 Å². The van der Waals surface area contributed by atoms with Crippen molar-refractivity contribution >= 4 is 12.1 Å². The smallest absolute Gasteiger partial charge is 0.434 e. The molecular weight excluding hydrogens is 282 g/mol. The van der Waals surface area contributed by atoms with Gasteiger partial charge in [0.25, 0.3) is 0 Å². The van der Waals surface area contributed by atoms with Crippen LogP contribution in [0.3, 0.4) is 0 Å². The van der Waals surface area contributed by atoms with E-state index in [9.17, 15) is 4.79 Å². The maximum Gasteiger partial charge on any atom is 0.515 e. The van der Waals surface area contributed by atoms with Gasteiger partial charge in [-0.25, -0.2) is 4.79 Å². The van der Waals surface area contributed by atoms with Crippen LogP contribution in [0.25, 0.3) is 0 Å². The van der Waals surface area contributed by atoms with E-state index in [4.69, 9.17) is 14.3 Å². The summed E-state index contributed by atoms with van der Waals surface area (Å²) in [6, 6.07) is 0. The third kappa shape index (κ3) is 3.55. The molecule has 0 atom stereocenters. The molecule has 3 aliphatic rings. The van der Waals surface area contributed by atoms with Crippen LogP contribution in [0.5, 0.6) is 0 Å². The number of rotatable bonds is 2. The van der Waals surface area contributed by atoms with Crippen LogP contribution in [0, 0.1) is 11.8 Å². The Labute approximate surface area is 132 Å². The van der Waals surface area contributed by atoms with Gasteiger partial charge in [-0.05, 0) is 44.4 Å². The molecule has 0 aromatic rings. The van der Waals surface area contributed by atoms with Crippen molar-refractivity contribution in [2.45, 2.75) is 76.7 Å². The van der Waals surface area contributed by atoms with E-state index >= 15 is 0 Å². The van der Waals surface area contributed by atoms with E-state index in [1.54, 1.807) is 6.92 Å². The SMILES string of the molecule is CCOC(=O)OC1=NOC2(CCC(C3CCCCC3)CC2)C1. The second kappa shape index (κ2) is 6.88. The number of carbonyl (C=O) groups is 1. The quantitative estimate of drug-likeness (QED) is 0.709. The Morgan fingerprint density at radius 2 is 1.86 bits per heavy atom. The highest BCUT2D eigenvalue weighted by Crippen LogP contribution is 2.45. The maximum absolute atomic E-state index is 11.3. The number of hydrogen-bond donors (Lipinski definition) is 0. The largest absolute Gasteiger partial charge is 0.515 e. The third-order valence-corrected chi connectivity index (χ3v) is 5.54. The zero-order valence-corrected chi connectivity index (χ0v) is 13.5. The Bertz CT molecular complexity index is 420. The van der Waals surface area contributed by atoms with Crippen molar-refractivity contribution in [3.63, 3.8) is 0 Å². The van der Waals surface area contributed by atoms with Crippen molar-refractivity contribution in [1.82, 2.24) is 0 Å². The molecule has 1 heterocycles. The van der Waals surface area contributed by atoms with Crippen LogP contribution >= 0.6 is 0 Å². The molecule has 3 rings (SSSR count). The first-order valence-electron chi connectivity index (χ1n) is 8.80. The van der Waals surface area contributed by atoms with Crippen LogP contribution in [0.2, 0.25) is 0 Å². The summed E-state index contributed by atoms with van der Waals surface area (Å²) in [7, 11) is 0. The molecule has 2 fully saturated rings. The molecule has 1 spiro atoms. The van der Waals surface area contributed by atoms with Gasteiger partial charge in [-0.2, -0.15) is 0 Å². The molecular formula is C17H27NO4. The first kappa shape index (κ1) is 15.6. The van der Waals surface area contributed by atoms with Crippen molar-refractivity contribution in [2.75, 3.05) is 6.61 Å². The summed E-state index contributed by atoms with van der Waals surface area (Å²) in [4.78, 5) is 17.0. The minimum Gasteiger partial charge on any atom is -0.434 e. The summed E-state index contributed by atoms with van der Waals surface area (Å²) in [5.41, 5.74) is -0.229. The average Bonchev–Trinajstić information content (AvgIpc) is 2.91. The number of nitrogens with zero attached hydrogens (tertiary/aromatic N) is 1. The number of carbonyl (C=O) groups excluding carboxylic acids is 1. The van der Waals surface area contributed by atoms with E-state index in [-0.39, 0.29) is 5.60 Å². The van der Waals surface area contributed by atoms with Gasteiger partial charge in [0.1, 0.15) is 5.60 Å². The second-order valence-electron chi connectivity index (χ2n) is 6.96. The predicted molar refractivity (Wildman–Crippen MR) is 82.5 cm³/mol. The molecule has 0 unspecified atom stereocenters. The standard InChI is InChI=1S/C17H27NO4/c1-2-20-16(19)21-15-12-17(22-18-15)10-8-14(9-11-17)13-6-4-3-5-7-13/h13-14H,2-12H2,1H3. The molecule has 2 aliphatic carbocycles. The number of hydrogen-bond acceptors (Lipinski definition) is 5. The van der Waals surface area contributed by atoms with Gasteiger partial charge in [0.2, 0.25) is 5.90 Å². The lowest BCUT2D eigenvalue weighted by molar-refractivity contribution is -0.0607. The van der Waals surface area contributed by atoms with Gasteiger partial charge in [0.05, 0.1) is 13.0 Å². The maximum atomic E-state index is 11.3. The lowest BCUT2D eigenvalue weighted by Crippen LogP contribution is -2.37. The first-order valence-corrected chi connectivity index (χ1v) is 8.80. The van der Waals surface area contributed by atoms with E-state index in [0.29, 0.717) is 18.9 Å². The van der Waals surface area contributed by atoms with Crippen LogP contribution in [0.1, 0.15) is 71.1 Å². The fourth-order valence-electron chi connectivity index (χ4n) is 4.30. The summed E-state index contributed by atoms with van der Waals surface area (Å²) < 4.78 is 9.86. The summed E-state index contributed by atoms with van der Waals surface area (Å²) in [6.45, 7) is 2.06. The fraction of sp³-hybridized carbons (Fsp3) is 0.882. The van der Waals surface area contributed by atoms with E-state index < -0.39 is 6.16 Å². The monoisotopic (exact) mass is 309 g/mol. The van der Waals surface area contributed by atoms with E-state index in [0.717, 1.165) is 24.7 Å². The molecule has 5 nitrogen and oxygen atoms in total. The van der Waals surface area contributed by atoms with Gasteiger partial charge in [0.15, 0.2) is 0 Å². The molecule has 22 heavy (non-hydrogen) atoms. The van der Waals surface area contributed by atoms with Crippen molar-refractivity contribution in [3.05, 3.63) is 0 Å². The molecule has 0 N–H and O–H groups in total. The van der Waals surface area contributed by atoms with Gasteiger partial charge in [-0.1, -0.05) is 37.3 Å². The molecule has 2 saturated carbocycles. The van der Waals surface area contributed by atoms with E-state index in [1.165, 1.54) is 44.9 Å². The van der Waals surface area contributed by atoms with Gasteiger partial charge in [0, 0.05) is 0 Å². The summed E-state index contributed by atoms with van der Waals surface area (Å²) in [5.74, 6) is 2.14. The van der Waals surface area contributed by atoms with Gasteiger partial charge in [-0.3, -0.25) is 0 Å². The van der Waals surface area contributed by atoms with Gasteiger partial charge < -0.3 is 14.3 Å². The average molecular weight is 309 g/mol. The molecule has 0 radical (unpaired) electrons. The fourth-order valence-corrected chi connectivity index (χ4v) is 4.30. The molecule has 1 aliphatic heterocycles. The Kier molecular flexibility index (Phi) is 4.89. The van der Waals surface area contributed by atoms with Crippen molar-refractivity contribution < 1.29 is 19.1 Å². The van der Waals surface area contributed by atoms with Crippen molar-refractivity contribution in [3.8, 4) is 0 Å². The lowest BCUT2D eigenvalue weighted by atomic mass is 9.69. The highest BCUT2D eigenvalue weighted by molar-refractivity contribution is 5.87. The van der Waals surface area contributed by atoms with Crippen LogP contribution in [0.15, 0.2) is 5.16 Å².